The van der Waals surface area contributed by atoms with E-state index in [1.807, 2.05) is 25.7 Å². The van der Waals surface area contributed by atoms with Crippen molar-refractivity contribution in [3.8, 4) is 0 Å². The van der Waals surface area contributed by atoms with Crippen LogP contribution < -0.4 is 5.73 Å². The van der Waals surface area contributed by atoms with Gasteiger partial charge in [-0.15, -0.1) is 0 Å². The zero-order valence-electron chi connectivity index (χ0n) is 13.5. The van der Waals surface area contributed by atoms with Crippen molar-refractivity contribution in [3.63, 3.8) is 0 Å². The van der Waals surface area contributed by atoms with E-state index in [-0.39, 0.29) is 23.6 Å². The molecular formula is C15H27N3O3. The zero-order valence-corrected chi connectivity index (χ0v) is 13.5. The van der Waals surface area contributed by atoms with E-state index in [9.17, 15) is 9.59 Å². The second-order valence-electron chi connectivity index (χ2n) is 7.43. The molecule has 0 aliphatic carbocycles. The lowest BCUT2D eigenvalue weighted by molar-refractivity contribution is -0.134. The molecule has 0 bridgehead atoms. The zero-order chi connectivity index (χ0) is 15.8. The Hall–Kier alpha value is -1.30. The Balaban J connectivity index is 1.93. The van der Waals surface area contributed by atoms with Gasteiger partial charge in [0, 0.05) is 37.6 Å². The van der Waals surface area contributed by atoms with Crippen LogP contribution >= 0.6 is 0 Å². The van der Waals surface area contributed by atoms with Gasteiger partial charge in [0.05, 0.1) is 0 Å². The van der Waals surface area contributed by atoms with Crippen LogP contribution in [0.5, 0.6) is 0 Å². The quantitative estimate of drug-likeness (QED) is 0.792. The number of nitrogens with two attached hydrogens (primary N) is 1. The normalized spacial score (nSPS) is 26.1. The largest absolute Gasteiger partial charge is 0.444 e. The minimum atomic E-state index is -0.477. The summed E-state index contributed by atoms with van der Waals surface area (Å²) in [7, 11) is 0. The molecule has 2 aliphatic heterocycles. The summed E-state index contributed by atoms with van der Waals surface area (Å²) in [6.07, 6.45) is 1.70. The molecule has 1 unspecified atom stereocenters. The molecule has 0 radical (unpaired) electrons. The molecule has 2 heterocycles. The lowest BCUT2D eigenvalue weighted by atomic mass is 9.88. The van der Waals surface area contributed by atoms with Gasteiger partial charge >= 0.3 is 6.09 Å². The fraction of sp³-hybridized carbons (Fsp3) is 0.867. The molecule has 2 fully saturated rings. The van der Waals surface area contributed by atoms with Gasteiger partial charge in [-0.25, -0.2) is 4.79 Å². The molecule has 2 rings (SSSR count). The minimum absolute atomic E-state index is 0.0572. The van der Waals surface area contributed by atoms with E-state index in [4.69, 9.17) is 10.5 Å². The first-order valence-corrected chi connectivity index (χ1v) is 7.65. The highest BCUT2D eigenvalue weighted by Gasteiger charge is 2.43. The van der Waals surface area contributed by atoms with Crippen LogP contribution in [0, 0.1) is 0 Å². The first-order valence-electron chi connectivity index (χ1n) is 7.65. The van der Waals surface area contributed by atoms with Gasteiger partial charge in [-0.1, -0.05) is 0 Å². The number of carbonyl (C=O) groups is 2. The van der Waals surface area contributed by atoms with E-state index in [0.29, 0.717) is 26.1 Å². The lowest BCUT2D eigenvalue weighted by Crippen LogP contribution is -2.55. The molecule has 0 aromatic carbocycles. The first-order chi connectivity index (χ1) is 9.61. The van der Waals surface area contributed by atoms with Gasteiger partial charge in [0.1, 0.15) is 5.60 Å². The van der Waals surface area contributed by atoms with Crippen molar-refractivity contribution in [2.24, 2.45) is 5.73 Å². The molecule has 0 spiro atoms. The fourth-order valence-corrected chi connectivity index (χ4v) is 3.02. The molecular weight excluding hydrogens is 270 g/mol. The fourth-order valence-electron chi connectivity index (χ4n) is 3.02. The van der Waals surface area contributed by atoms with E-state index < -0.39 is 5.60 Å². The number of rotatable bonds is 1. The smallest absolute Gasteiger partial charge is 0.410 e. The minimum Gasteiger partial charge on any atom is -0.444 e. The topological polar surface area (TPSA) is 75.9 Å². The molecule has 2 aliphatic rings. The molecule has 0 aromatic rings. The lowest BCUT2D eigenvalue weighted by Gasteiger charge is -2.45. The number of likely N-dealkylation sites (tertiary alicyclic amines) is 2. The standard InChI is InChI=1S/C15H27N3O3/c1-14(2,3)21-13(20)17-7-5-15(4,6-8-17)18-10-11(16)9-12(18)19/h11H,5-10,16H2,1-4H3. The summed E-state index contributed by atoms with van der Waals surface area (Å²) in [5, 5.41) is 0. The number of piperidine rings is 1. The maximum atomic E-state index is 12.1. The Morgan fingerprint density at radius 1 is 1.33 bits per heavy atom. The molecule has 2 N–H and O–H groups in total. The summed E-state index contributed by atoms with van der Waals surface area (Å²) in [6.45, 7) is 9.54. The molecule has 6 nitrogen and oxygen atoms in total. The maximum Gasteiger partial charge on any atom is 0.410 e. The molecule has 6 heteroatoms. The highest BCUT2D eigenvalue weighted by atomic mass is 16.6. The van der Waals surface area contributed by atoms with Gasteiger partial charge < -0.3 is 20.3 Å². The summed E-state index contributed by atoms with van der Waals surface area (Å²) in [5.41, 5.74) is 5.21. The second-order valence-corrected chi connectivity index (χ2v) is 7.43. The van der Waals surface area contributed by atoms with Crippen molar-refractivity contribution < 1.29 is 14.3 Å². The number of nitrogens with zero attached hydrogens (tertiary/aromatic N) is 2. The Labute approximate surface area is 126 Å². The summed E-state index contributed by atoms with van der Waals surface area (Å²) >= 11 is 0. The third-order valence-corrected chi connectivity index (χ3v) is 4.30. The van der Waals surface area contributed by atoms with Crippen LogP contribution in [-0.4, -0.2) is 58.6 Å². The van der Waals surface area contributed by atoms with E-state index in [1.165, 1.54) is 0 Å². The highest BCUT2D eigenvalue weighted by Crippen LogP contribution is 2.32. The first kappa shape index (κ1) is 16.1. The van der Waals surface area contributed by atoms with Crippen LogP contribution in [0.15, 0.2) is 0 Å². The Bertz CT molecular complexity index is 422. The predicted octanol–water partition coefficient (Wildman–Crippen LogP) is 1.34. The van der Waals surface area contributed by atoms with Gasteiger partial charge in [-0.3, -0.25) is 4.79 Å². The highest BCUT2D eigenvalue weighted by molar-refractivity contribution is 5.80. The van der Waals surface area contributed by atoms with E-state index >= 15 is 0 Å². The molecule has 1 atom stereocenters. The van der Waals surface area contributed by atoms with Gasteiger partial charge in [0.25, 0.3) is 0 Å². The van der Waals surface area contributed by atoms with E-state index in [2.05, 4.69) is 6.92 Å². The van der Waals surface area contributed by atoms with Crippen LogP contribution in [-0.2, 0) is 9.53 Å². The van der Waals surface area contributed by atoms with E-state index in [0.717, 1.165) is 12.8 Å². The van der Waals surface area contributed by atoms with Crippen LogP contribution in [0.3, 0.4) is 0 Å². The average molecular weight is 297 g/mol. The van der Waals surface area contributed by atoms with Crippen molar-refractivity contribution in [3.05, 3.63) is 0 Å². The Morgan fingerprint density at radius 2 is 1.90 bits per heavy atom. The van der Waals surface area contributed by atoms with E-state index in [1.54, 1.807) is 4.90 Å². The van der Waals surface area contributed by atoms with Crippen molar-refractivity contribution in [2.45, 2.75) is 64.1 Å². The van der Waals surface area contributed by atoms with Crippen LogP contribution in [0.1, 0.15) is 47.0 Å². The maximum absolute atomic E-state index is 12.1. The Morgan fingerprint density at radius 3 is 2.33 bits per heavy atom. The van der Waals surface area contributed by atoms with Crippen molar-refractivity contribution in [2.75, 3.05) is 19.6 Å². The number of hydrogen-bond acceptors (Lipinski definition) is 4. The molecule has 21 heavy (non-hydrogen) atoms. The van der Waals surface area contributed by atoms with Crippen LogP contribution in [0.2, 0.25) is 0 Å². The predicted molar refractivity (Wildman–Crippen MR) is 79.8 cm³/mol. The molecule has 120 valence electrons. The van der Waals surface area contributed by atoms with Crippen molar-refractivity contribution in [1.29, 1.82) is 0 Å². The summed E-state index contributed by atoms with van der Waals surface area (Å²) in [4.78, 5) is 27.7. The third-order valence-electron chi connectivity index (χ3n) is 4.30. The van der Waals surface area contributed by atoms with Gasteiger partial charge in [0.2, 0.25) is 5.91 Å². The molecule has 0 aromatic heterocycles. The van der Waals surface area contributed by atoms with Crippen molar-refractivity contribution in [1.82, 2.24) is 9.80 Å². The molecule has 0 saturated carbocycles. The summed E-state index contributed by atoms with van der Waals surface area (Å²) in [6, 6.07) is -0.0572. The second kappa shape index (κ2) is 5.48. The number of hydrogen-bond donors (Lipinski definition) is 1. The third kappa shape index (κ3) is 3.67. The number of ether oxygens (including phenoxy) is 1. The summed E-state index contributed by atoms with van der Waals surface area (Å²) in [5.74, 6) is 0.135. The SMILES string of the molecule is CC(C)(C)OC(=O)N1CCC(C)(N2CC(N)CC2=O)CC1. The average Bonchev–Trinajstić information content (AvgIpc) is 2.68. The monoisotopic (exact) mass is 297 g/mol. The van der Waals surface area contributed by atoms with Crippen LogP contribution in [0.25, 0.3) is 0 Å². The molecule has 2 saturated heterocycles. The van der Waals surface area contributed by atoms with Crippen molar-refractivity contribution >= 4 is 12.0 Å². The summed E-state index contributed by atoms with van der Waals surface area (Å²) < 4.78 is 5.40. The van der Waals surface area contributed by atoms with Gasteiger partial charge in [-0.05, 0) is 40.5 Å². The van der Waals surface area contributed by atoms with Gasteiger partial charge in [-0.2, -0.15) is 0 Å². The number of carbonyl (C=O) groups excluding carboxylic acids is 2. The Kier molecular flexibility index (Phi) is 4.19. The number of amides is 2. The van der Waals surface area contributed by atoms with Gasteiger partial charge in [0.15, 0.2) is 0 Å². The molecule has 2 amide bonds. The van der Waals surface area contributed by atoms with Crippen LogP contribution in [0.4, 0.5) is 4.79 Å².